The topological polar surface area (TPSA) is 126 Å². The lowest BCUT2D eigenvalue weighted by Gasteiger charge is -2.34. The minimum absolute atomic E-state index is 0. The summed E-state index contributed by atoms with van der Waals surface area (Å²) in [6.07, 6.45) is 4.46. The second-order valence-electron chi connectivity index (χ2n) is 9.54. The number of hydrogen-bond donors (Lipinski definition) is 4. The summed E-state index contributed by atoms with van der Waals surface area (Å²) in [5, 5.41) is 14.1. The first-order valence-corrected chi connectivity index (χ1v) is 12.5. The normalized spacial score (nSPS) is 14.2. The van der Waals surface area contributed by atoms with Crippen LogP contribution in [0.1, 0.15) is 9.84 Å². The fourth-order valence-corrected chi connectivity index (χ4v) is 4.18. The van der Waals surface area contributed by atoms with Gasteiger partial charge in [-0.15, -0.1) is 0 Å². The summed E-state index contributed by atoms with van der Waals surface area (Å²) >= 11 is 0. The number of piperazine rings is 1. The van der Waals surface area contributed by atoms with Crippen molar-refractivity contribution in [3.05, 3.63) is 66.2 Å². The molecule has 1 aromatic heterocycles. The summed E-state index contributed by atoms with van der Waals surface area (Å²) < 4.78 is 0. The number of nitrogen functional groups attached to an aromatic ring is 1. The molecule has 4 rings (SSSR count). The molecule has 1 aliphatic rings. The van der Waals surface area contributed by atoms with Crippen molar-refractivity contribution >= 4 is 41.0 Å². The van der Waals surface area contributed by atoms with E-state index in [-0.39, 0.29) is 16.0 Å². The first kappa shape index (κ1) is 26.8. The Morgan fingerprint density at radius 1 is 1.11 bits per heavy atom. The number of carbonyl (C=O) groups is 1. The molecule has 2 aromatic carbocycles. The molecular formula is C28H41N9O. The molecule has 204 valence electrons. The van der Waals surface area contributed by atoms with Crippen LogP contribution in [0.5, 0.6) is 0 Å². The van der Waals surface area contributed by atoms with Gasteiger partial charge in [-0.3, -0.25) is 4.79 Å². The molecule has 0 radical (unpaired) electrons. The molecular weight excluding hydrogens is 478 g/mol. The van der Waals surface area contributed by atoms with Gasteiger partial charge in [0.25, 0.3) is 0 Å². The zero-order valence-electron chi connectivity index (χ0n) is 22.1. The molecule has 2 heterocycles. The van der Waals surface area contributed by atoms with Crippen molar-refractivity contribution in [3.8, 4) is 11.3 Å². The molecule has 0 unspecified atom stereocenters. The molecule has 3 aromatic rings. The van der Waals surface area contributed by atoms with Crippen molar-refractivity contribution in [2.75, 3.05) is 75.1 Å². The molecule has 1 fully saturated rings. The van der Waals surface area contributed by atoms with E-state index in [2.05, 4.69) is 44.6 Å². The van der Waals surface area contributed by atoms with E-state index in [1.54, 1.807) is 12.1 Å². The van der Waals surface area contributed by atoms with E-state index >= 15 is 0 Å². The lowest BCUT2D eigenvalue weighted by Crippen LogP contribution is -2.44. The van der Waals surface area contributed by atoms with Crippen LogP contribution in [-0.4, -0.2) is 85.8 Å². The lowest BCUT2D eigenvalue weighted by molar-refractivity contribution is -0.111. The van der Waals surface area contributed by atoms with Gasteiger partial charge in [0.05, 0.1) is 11.3 Å². The second-order valence-corrected chi connectivity index (χ2v) is 9.54. The van der Waals surface area contributed by atoms with E-state index in [1.165, 1.54) is 6.08 Å². The Labute approximate surface area is 228 Å². The zero-order valence-corrected chi connectivity index (χ0v) is 22.1. The smallest absolute Gasteiger partial charge is 0.248 e. The van der Waals surface area contributed by atoms with E-state index < -0.39 is 0 Å². The Hall–Kier alpha value is -4.28. The number of amides is 1. The summed E-state index contributed by atoms with van der Waals surface area (Å²) in [5.41, 5.74) is 10.5. The third-order valence-electron chi connectivity index (χ3n) is 6.23. The Bertz CT molecular complexity index is 1330. The Morgan fingerprint density at radius 2 is 1.84 bits per heavy atom. The highest BCUT2D eigenvalue weighted by atomic mass is 16.1. The fourth-order valence-electron chi connectivity index (χ4n) is 4.18. The maximum Gasteiger partial charge on any atom is 0.248 e. The van der Waals surface area contributed by atoms with Gasteiger partial charge in [0.15, 0.2) is 0 Å². The van der Waals surface area contributed by atoms with Crippen molar-refractivity contribution in [2.24, 2.45) is 0 Å². The third kappa shape index (κ3) is 6.93. The van der Waals surface area contributed by atoms with Crippen molar-refractivity contribution < 1.29 is 9.07 Å². The number of carbonyl (C=O) groups excluding carboxylic acids is 1. The van der Waals surface area contributed by atoms with Crippen LogP contribution in [-0.2, 0) is 4.79 Å². The van der Waals surface area contributed by atoms with Gasteiger partial charge < -0.3 is 36.5 Å². The molecule has 1 saturated heterocycles. The monoisotopic (exact) mass is 519 g/mol. The summed E-state index contributed by atoms with van der Waals surface area (Å²) in [4.78, 5) is 28.1. The predicted octanol–water partition coefficient (Wildman–Crippen LogP) is 4.01. The highest BCUT2D eigenvalue weighted by Crippen LogP contribution is 2.29. The summed E-state index contributed by atoms with van der Waals surface area (Å²) in [6.45, 7) is 4.67. The molecule has 0 bridgehead atoms. The van der Waals surface area contributed by atoms with Crippen LogP contribution in [0.25, 0.3) is 11.3 Å². The number of likely N-dealkylation sites (N-methyl/N-ethyl adjacent to an activating group) is 2. The summed E-state index contributed by atoms with van der Waals surface area (Å²) in [6, 6.07) is 15.5. The highest BCUT2D eigenvalue weighted by molar-refractivity contribution is 6.00. The average Bonchev–Trinajstić information content (AvgIpc) is 2.89. The number of rotatable bonds is 9. The van der Waals surface area contributed by atoms with Gasteiger partial charge in [0.1, 0.15) is 5.82 Å². The molecule has 10 heteroatoms. The summed E-state index contributed by atoms with van der Waals surface area (Å²) in [7, 11) is 6.01. The maximum atomic E-state index is 12.3. The minimum Gasteiger partial charge on any atom is -0.383 e. The SMILES string of the molecule is CN(C)C/C=C/C(=O)Nc1cccc(-c2nc(Nc3cccc(N4CCN(C)CC4)c3)nc(N)c2C=N)c1.[HH].[HH].[HH]. The van der Waals surface area contributed by atoms with Crippen LogP contribution in [0.4, 0.5) is 28.8 Å². The molecule has 0 saturated carbocycles. The number of anilines is 5. The molecule has 0 atom stereocenters. The fraction of sp³-hybridized carbons (Fsp3) is 0.286. The number of benzene rings is 2. The van der Waals surface area contributed by atoms with Crippen molar-refractivity contribution in [1.82, 2.24) is 19.8 Å². The standard InChI is InChI=1S/C28H35N9O.3H2/c1-35(2)12-6-11-25(38)31-21-8-4-7-20(17-21)26-24(19-29)27(30)34-28(33-26)32-22-9-5-10-23(18-22)37-15-13-36(3)14-16-37;;;/h4-11,17-19,29H,12-16H2,1-3H3,(H,31,38)(H3,30,32,33,34);3*1H/b11-6+,29-19?;;;. The van der Waals surface area contributed by atoms with Crippen LogP contribution >= 0.6 is 0 Å². The molecule has 0 spiro atoms. The number of nitrogens with one attached hydrogen (secondary N) is 3. The minimum atomic E-state index is -0.221. The number of aromatic nitrogens is 2. The summed E-state index contributed by atoms with van der Waals surface area (Å²) in [5.74, 6) is 0.310. The van der Waals surface area contributed by atoms with Gasteiger partial charge in [-0.1, -0.05) is 24.3 Å². The molecule has 10 nitrogen and oxygen atoms in total. The Kier molecular flexibility index (Phi) is 8.67. The third-order valence-corrected chi connectivity index (χ3v) is 6.23. The van der Waals surface area contributed by atoms with E-state index in [4.69, 9.17) is 16.1 Å². The Balaban J connectivity index is 0.00000280. The number of hydrogen-bond acceptors (Lipinski definition) is 9. The molecule has 1 amide bonds. The van der Waals surface area contributed by atoms with E-state index in [0.717, 1.165) is 43.8 Å². The van der Waals surface area contributed by atoms with Gasteiger partial charge in [-0.2, -0.15) is 4.98 Å². The highest BCUT2D eigenvalue weighted by Gasteiger charge is 2.16. The first-order valence-electron chi connectivity index (χ1n) is 12.5. The lowest BCUT2D eigenvalue weighted by atomic mass is 10.1. The first-order chi connectivity index (χ1) is 18.3. The van der Waals surface area contributed by atoms with E-state index in [1.807, 2.05) is 49.3 Å². The van der Waals surface area contributed by atoms with Crippen molar-refractivity contribution in [2.45, 2.75) is 0 Å². The van der Waals surface area contributed by atoms with Gasteiger partial charge >= 0.3 is 0 Å². The average molecular weight is 520 g/mol. The number of nitrogens with zero attached hydrogens (tertiary/aromatic N) is 5. The van der Waals surface area contributed by atoms with Crippen LogP contribution in [0.3, 0.4) is 0 Å². The number of nitrogens with two attached hydrogens (primary N) is 1. The van der Waals surface area contributed by atoms with Gasteiger partial charge in [0, 0.05) is 71.9 Å². The molecule has 38 heavy (non-hydrogen) atoms. The van der Waals surface area contributed by atoms with E-state index in [9.17, 15) is 4.79 Å². The molecule has 0 aliphatic carbocycles. The predicted molar refractivity (Wildman–Crippen MR) is 162 cm³/mol. The quantitative estimate of drug-likeness (QED) is 0.247. The van der Waals surface area contributed by atoms with Crippen molar-refractivity contribution in [3.63, 3.8) is 0 Å². The van der Waals surface area contributed by atoms with Crippen LogP contribution in [0.15, 0.2) is 60.7 Å². The van der Waals surface area contributed by atoms with Gasteiger partial charge in [-0.25, -0.2) is 4.98 Å². The van der Waals surface area contributed by atoms with Crippen molar-refractivity contribution in [1.29, 1.82) is 5.41 Å². The zero-order chi connectivity index (χ0) is 27.1. The Morgan fingerprint density at radius 3 is 2.58 bits per heavy atom. The van der Waals surface area contributed by atoms with Crippen LogP contribution in [0.2, 0.25) is 0 Å². The van der Waals surface area contributed by atoms with E-state index in [0.29, 0.717) is 35.0 Å². The van der Waals surface area contributed by atoms with Crippen LogP contribution < -0.4 is 21.3 Å². The van der Waals surface area contributed by atoms with Gasteiger partial charge in [-0.05, 0) is 51.5 Å². The molecule has 1 aliphatic heterocycles. The second kappa shape index (κ2) is 12.3. The largest absolute Gasteiger partial charge is 0.383 e. The van der Waals surface area contributed by atoms with Crippen LogP contribution in [0, 0.1) is 5.41 Å². The van der Waals surface area contributed by atoms with Gasteiger partial charge in [0.2, 0.25) is 11.9 Å². The molecule has 5 N–H and O–H groups in total. The maximum absolute atomic E-state index is 12.3.